The number of aryl methyl sites for hydroxylation is 1. The van der Waals surface area contributed by atoms with E-state index in [0.717, 1.165) is 38.0 Å². The molecule has 1 atom stereocenters. The largest absolute Gasteiger partial charge is 0.469 e. The van der Waals surface area contributed by atoms with Crippen LogP contribution in [0.4, 0.5) is 4.39 Å². The third kappa shape index (κ3) is 5.85. The predicted octanol–water partition coefficient (Wildman–Crippen LogP) is 5.11. The zero-order valence-electron chi connectivity index (χ0n) is 21.1. The van der Waals surface area contributed by atoms with E-state index < -0.39 is 0 Å². The van der Waals surface area contributed by atoms with Crippen molar-refractivity contribution in [1.29, 1.82) is 0 Å². The molecule has 0 spiro atoms. The standard InChI is InChI=1S/C29H33FN2O4/c1-20-25(14-17-36-20)28(33)31(2)27(18-24-6-4-5-7-26(24)30)22-12-15-32(16-13-22)19-21-8-10-23(11-9-21)29(34)35-3/h4-11,14,17,22,27H,12-13,15-16,18-19H2,1-3H3. The van der Waals surface area contributed by atoms with Gasteiger partial charge in [-0.25, -0.2) is 9.18 Å². The van der Waals surface area contributed by atoms with Crippen molar-refractivity contribution >= 4 is 11.9 Å². The fourth-order valence-corrected chi connectivity index (χ4v) is 5.07. The van der Waals surface area contributed by atoms with E-state index in [1.54, 1.807) is 42.2 Å². The molecule has 1 amide bonds. The second-order valence-corrected chi connectivity index (χ2v) is 9.47. The summed E-state index contributed by atoms with van der Waals surface area (Å²) in [6.45, 7) is 4.33. The molecule has 0 radical (unpaired) electrons. The van der Waals surface area contributed by atoms with Crippen molar-refractivity contribution < 1.29 is 23.1 Å². The lowest BCUT2D eigenvalue weighted by atomic mass is 9.84. The van der Waals surface area contributed by atoms with Crippen molar-refractivity contribution in [3.63, 3.8) is 0 Å². The van der Waals surface area contributed by atoms with Crippen LogP contribution in [0, 0.1) is 18.7 Å². The molecule has 2 aromatic carbocycles. The Morgan fingerprint density at radius 1 is 1.11 bits per heavy atom. The van der Waals surface area contributed by atoms with Crippen LogP contribution in [-0.2, 0) is 17.7 Å². The number of amides is 1. The number of benzene rings is 2. The molecule has 1 aliphatic rings. The maximum Gasteiger partial charge on any atom is 0.337 e. The average molecular weight is 493 g/mol. The minimum absolute atomic E-state index is 0.101. The van der Waals surface area contributed by atoms with Crippen LogP contribution < -0.4 is 0 Å². The molecule has 36 heavy (non-hydrogen) atoms. The number of likely N-dealkylation sites (N-methyl/N-ethyl adjacent to an activating group) is 1. The zero-order valence-corrected chi connectivity index (χ0v) is 21.1. The van der Waals surface area contributed by atoms with Crippen LogP contribution in [0.15, 0.2) is 65.3 Å². The third-order valence-electron chi connectivity index (χ3n) is 7.25. The third-order valence-corrected chi connectivity index (χ3v) is 7.25. The first-order valence-electron chi connectivity index (χ1n) is 12.3. The second-order valence-electron chi connectivity index (χ2n) is 9.47. The summed E-state index contributed by atoms with van der Waals surface area (Å²) in [6, 6.07) is 15.9. The van der Waals surface area contributed by atoms with E-state index in [4.69, 9.17) is 9.15 Å². The van der Waals surface area contributed by atoms with Gasteiger partial charge in [-0.15, -0.1) is 0 Å². The Balaban J connectivity index is 1.45. The summed E-state index contributed by atoms with van der Waals surface area (Å²) in [4.78, 5) is 29.1. The average Bonchev–Trinajstić information content (AvgIpc) is 3.33. The van der Waals surface area contributed by atoms with Crippen LogP contribution in [-0.4, -0.2) is 55.0 Å². The molecule has 3 aromatic rings. The van der Waals surface area contributed by atoms with Gasteiger partial charge in [0.15, 0.2) is 0 Å². The first-order chi connectivity index (χ1) is 17.4. The maximum absolute atomic E-state index is 14.6. The first kappa shape index (κ1) is 25.6. The summed E-state index contributed by atoms with van der Waals surface area (Å²) < 4.78 is 24.7. The first-order valence-corrected chi connectivity index (χ1v) is 12.3. The summed E-state index contributed by atoms with van der Waals surface area (Å²) in [5, 5.41) is 0. The Morgan fingerprint density at radius 2 is 1.81 bits per heavy atom. The molecule has 0 N–H and O–H groups in total. The number of hydrogen-bond acceptors (Lipinski definition) is 5. The molecule has 7 heteroatoms. The normalized spacial score (nSPS) is 15.4. The van der Waals surface area contributed by atoms with Crippen LogP contribution in [0.3, 0.4) is 0 Å². The fourth-order valence-electron chi connectivity index (χ4n) is 5.07. The molecular weight excluding hydrogens is 459 g/mol. The molecular formula is C29H33FN2O4. The summed E-state index contributed by atoms with van der Waals surface area (Å²) >= 11 is 0. The van der Waals surface area contributed by atoms with Crippen LogP contribution in [0.1, 0.15) is 50.4 Å². The van der Waals surface area contributed by atoms with E-state index in [1.165, 1.54) is 19.4 Å². The van der Waals surface area contributed by atoms with Crippen molar-refractivity contribution in [2.45, 2.75) is 38.8 Å². The van der Waals surface area contributed by atoms with Gasteiger partial charge < -0.3 is 14.1 Å². The SMILES string of the molecule is COC(=O)c1ccc(CN2CCC(C(Cc3ccccc3F)N(C)C(=O)c3ccoc3C)CC2)cc1. The topological polar surface area (TPSA) is 63.0 Å². The number of ether oxygens (including phenoxy) is 1. The van der Waals surface area contributed by atoms with Crippen LogP contribution in [0.2, 0.25) is 0 Å². The smallest absolute Gasteiger partial charge is 0.337 e. The van der Waals surface area contributed by atoms with Gasteiger partial charge in [-0.2, -0.15) is 0 Å². The van der Waals surface area contributed by atoms with Crippen LogP contribution >= 0.6 is 0 Å². The molecule has 190 valence electrons. The van der Waals surface area contributed by atoms with Gasteiger partial charge in [0.05, 0.1) is 24.5 Å². The van der Waals surface area contributed by atoms with Crippen molar-refractivity contribution in [3.8, 4) is 0 Å². The van der Waals surface area contributed by atoms with E-state index in [1.807, 2.05) is 25.2 Å². The van der Waals surface area contributed by atoms with Gasteiger partial charge in [0, 0.05) is 19.6 Å². The second kappa shape index (κ2) is 11.5. The highest BCUT2D eigenvalue weighted by atomic mass is 19.1. The van der Waals surface area contributed by atoms with E-state index in [9.17, 15) is 14.0 Å². The Bertz CT molecular complexity index is 1180. The Kier molecular flexibility index (Phi) is 8.21. The van der Waals surface area contributed by atoms with Crippen molar-refractivity contribution in [2.24, 2.45) is 5.92 Å². The summed E-state index contributed by atoms with van der Waals surface area (Å²) in [7, 11) is 3.19. The molecule has 6 nitrogen and oxygen atoms in total. The highest BCUT2D eigenvalue weighted by Gasteiger charge is 2.33. The van der Waals surface area contributed by atoms with E-state index >= 15 is 0 Å². The number of nitrogens with zero attached hydrogens (tertiary/aromatic N) is 2. The van der Waals surface area contributed by atoms with Gasteiger partial charge in [0.2, 0.25) is 0 Å². The number of carbonyl (C=O) groups is 2. The summed E-state index contributed by atoms with van der Waals surface area (Å²) in [6.07, 6.45) is 3.80. The molecule has 0 saturated carbocycles. The molecule has 0 aliphatic carbocycles. The van der Waals surface area contributed by atoms with Gasteiger partial charge in [-0.1, -0.05) is 30.3 Å². The molecule has 1 saturated heterocycles. The summed E-state index contributed by atoms with van der Waals surface area (Å²) in [5.74, 6) is 0.146. The highest BCUT2D eigenvalue weighted by Crippen LogP contribution is 2.29. The molecule has 1 fully saturated rings. The molecule has 0 bridgehead atoms. The molecule has 1 unspecified atom stereocenters. The van der Waals surface area contributed by atoms with Gasteiger partial charge in [-0.3, -0.25) is 9.69 Å². The monoisotopic (exact) mass is 492 g/mol. The Hall–Kier alpha value is -3.45. The van der Waals surface area contributed by atoms with Crippen molar-refractivity contribution in [3.05, 3.63) is 94.7 Å². The van der Waals surface area contributed by atoms with Crippen LogP contribution in [0.5, 0.6) is 0 Å². The van der Waals surface area contributed by atoms with E-state index in [-0.39, 0.29) is 29.7 Å². The number of halogens is 1. The lowest BCUT2D eigenvalue weighted by Gasteiger charge is -2.40. The maximum atomic E-state index is 14.6. The number of piperidine rings is 1. The van der Waals surface area contributed by atoms with E-state index in [2.05, 4.69) is 4.90 Å². The number of esters is 1. The number of carbonyl (C=O) groups excluding carboxylic acids is 2. The fraction of sp³-hybridized carbons (Fsp3) is 0.379. The van der Waals surface area contributed by atoms with Crippen molar-refractivity contribution in [1.82, 2.24) is 9.80 Å². The van der Waals surface area contributed by atoms with E-state index in [0.29, 0.717) is 28.9 Å². The van der Waals surface area contributed by atoms with Gasteiger partial charge in [-0.05, 0) is 80.6 Å². The number of rotatable bonds is 8. The highest BCUT2D eigenvalue weighted by molar-refractivity contribution is 5.95. The molecule has 2 heterocycles. The Morgan fingerprint density at radius 3 is 2.42 bits per heavy atom. The quantitative estimate of drug-likeness (QED) is 0.409. The number of furan rings is 1. The number of hydrogen-bond donors (Lipinski definition) is 0. The Labute approximate surface area is 211 Å². The zero-order chi connectivity index (χ0) is 25.7. The lowest BCUT2D eigenvalue weighted by Crippen LogP contribution is -2.47. The summed E-state index contributed by atoms with van der Waals surface area (Å²) in [5.41, 5.74) is 2.84. The number of likely N-dealkylation sites (tertiary alicyclic amines) is 1. The molecule has 4 rings (SSSR count). The molecule has 1 aliphatic heterocycles. The minimum Gasteiger partial charge on any atom is -0.469 e. The van der Waals surface area contributed by atoms with Crippen molar-refractivity contribution in [2.75, 3.05) is 27.2 Å². The van der Waals surface area contributed by atoms with Gasteiger partial charge in [0.1, 0.15) is 11.6 Å². The van der Waals surface area contributed by atoms with Gasteiger partial charge >= 0.3 is 5.97 Å². The predicted molar refractivity (Wildman–Crippen MR) is 135 cm³/mol. The molecule has 1 aromatic heterocycles. The lowest BCUT2D eigenvalue weighted by molar-refractivity contribution is 0.0580. The minimum atomic E-state index is -0.340. The number of methoxy groups -OCH3 is 1. The van der Waals surface area contributed by atoms with Crippen LogP contribution in [0.25, 0.3) is 0 Å². The van der Waals surface area contributed by atoms with Gasteiger partial charge in [0.25, 0.3) is 5.91 Å².